The minimum atomic E-state index is -3.49. The maximum atomic E-state index is 12.8. The number of aromatic nitrogens is 2. The number of piperidine rings is 1. The minimum absolute atomic E-state index is 0.195. The number of nitrogens with zero attached hydrogens (tertiary/aromatic N) is 2. The normalized spacial score (nSPS) is 16.1. The summed E-state index contributed by atoms with van der Waals surface area (Å²) < 4.78 is 32.3. The molecule has 1 aliphatic heterocycles. The van der Waals surface area contributed by atoms with Crippen LogP contribution < -0.4 is 10.1 Å². The number of H-pyrrole nitrogens is 1. The Morgan fingerprint density at radius 3 is 2.56 bits per heavy atom. The van der Waals surface area contributed by atoms with Gasteiger partial charge in [-0.25, -0.2) is 13.4 Å². The topological polar surface area (TPSA) is 104 Å². The van der Waals surface area contributed by atoms with Gasteiger partial charge in [0.1, 0.15) is 5.75 Å². The Morgan fingerprint density at radius 2 is 1.88 bits per heavy atom. The van der Waals surface area contributed by atoms with Gasteiger partial charge in [0.2, 0.25) is 15.9 Å². The van der Waals surface area contributed by atoms with Crippen LogP contribution >= 0.6 is 11.8 Å². The minimum Gasteiger partial charge on any atom is -0.497 e. The van der Waals surface area contributed by atoms with E-state index in [-0.39, 0.29) is 10.8 Å². The molecule has 0 spiro atoms. The second-order valence-electron chi connectivity index (χ2n) is 7.66. The van der Waals surface area contributed by atoms with Gasteiger partial charge in [-0.05, 0) is 56.2 Å². The van der Waals surface area contributed by atoms with Crippen molar-refractivity contribution in [1.82, 2.24) is 14.3 Å². The van der Waals surface area contributed by atoms with Gasteiger partial charge in [0.05, 0.1) is 28.3 Å². The molecule has 0 bridgehead atoms. The molecule has 1 saturated heterocycles. The molecule has 170 valence electrons. The highest BCUT2D eigenvalue weighted by atomic mass is 32.2. The van der Waals surface area contributed by atoms with E-state index in [0.717, 1.165) is 36.0 Å². The number of ether oxygens (including phenoxy) is 1. The van der Waals surface area contributed by atoms with Gasteiger partial charge in [0.25, 0.3) is 0 Å². The molecule has 1 aliphatic rings. The Hall–Kier alpha value is -2.56. The number of hydrogen-bond donors (Lipinski definition) is 2. The van der Waals surface area contributed by atoms with Crippen molar-refractivity contribution < 1.29 is 17.9 Å². The van der Waals surface area contributed by atoms with Gasteiger partial charge in [-0.1, -0.05) is 18.2 Å². The molecule has 32 heavy (non-hydrogen) atoms. The number of imidazole rings is 1. The highest BCUT2D eigenvalue weighted by molar-refractivity contribution is 8.00. The smallest absolute Gasteiger partial charge is 0.243 e. The molecular weight excluding hydrogens is 448 g/mol. The fourth-order valence-corrected chi connectivity index (χ4v) is 5.92. The fraction of sp³-hybridized carbons (Fsp3) is 0.364. The quantitative estimate of drug-likeness (QED) is 0.504. The van der Waals surface area contributed by atoms with Crippen molar-refractivity contribution in [3.63, 3.8) is 0 Å². The molecule has 0 unspecified atom stereocenters. The largest absolute Gasteiger partial charge is 0.497 e. The molecule has 1 atom stereocenters. The third kappa shape index (κ3) is 4.92. The second-order valence-corrected chi connectivity index (χ2v) is 10.9. The van der Waals surface area contributed by atoms with Crippen LogP contribution in [0.1, 0.15) is 26.2 Å². The van der Waals surface area contributed by atoms with Gasteiger partial charge in [0.15, 0.2) is 5.16 Å². The Morgan fingerprint density at radius 1 is 1.16 bits per heavy atom. The van der Waals surface area contributed by atoms with E-state index in [1.54, 1.807) is 38.3 Å². The molecule has 10 heteroatoms. The zero-order chi connectivity index (χ0) is 22.7. The number of thioether (sulfide) groups is 1. The number of aromatic amines is 1. The van der Waals surface area contributed by atoms with Crippen LogP contribution in [0, 0.1) is 0 Å². The number of carbonyl (C=O) groups excluding carboxylic acids is 1. The predicted molar refractivity (Wildman–Crippen MR) is 126 cm³/mol. The van der Waals surface area contributed by atoms with Crippen LogP contribution in [0.5, 0.6) is 5.75 Å². The summed E-state index contributed by atoms with van der Waals surface area (Å²) in [6.45, 7) is 2.91. The summed E-state index contributed by atoms with van der Waals surface area (Å²) >= 11 is 1.31. The molecule has 0 radical (unpaired) electrons. The van der Waals surface area contributed by atoms with Gasteiger partial charge in [-0.2, -0.15) is 4.31 Å². The lowest BCUT2D eigenvalue weighted by Crippen LogP contribution is -2.35. The van der Waals surface area contributed by atoms with Crippen molar-refractivity contribution >= 4 is 44.4 Å². The van der Waals surface area contributed by atoms with Gasteiger partial charge in [-0.15, -0.1) is 0 Å². The van der Waals surface area contributed by atoms with E-state index in [1.165, 1.54) is 16.1 Å². The van der Waals surface area contributed by atoms with Crippen LogP contribution in [0.25, 0.3) is 11.0 Å². The summed E-state index contributed by atoms with van der Waals surface area (Å²) in [5.74, 6) is 0.536. The number of methoxy groups -OCH3 is 1. The Bertz CT molecular complexity index is 1200. The summed E-state index contributed by atoms with van der Waals surface area (Å²) in [5, 5.41) is 3.07. The number of nitrogens with one attached hydrogen (secondary N) is 2. The van der Waals surface area contributed by atoms with Crippen LogP contribution in [0.2, 0.25) is 0 Å². The molecule has 2 heterocycles. The molecule has 1 amide bonds. The molecule has 1 fully saturated rings. The summed E-state index contributed by atoms with van der Waals surface area (Å²) in [5.41, 5.74) is 2.19. The molecule has 0 aliphatic carbocycles. The van der Waals surface area contributed by atoms with Crippen LogP contribution in [0.15, 0.2) is 52.5 Å². The number of carbonyl (C=O) groups is 1. The lowest BCUT2D eigenvalue weighted by atomic mass is 10.2. The Balaban J connectivity index is 1.39. The molecule has 4 rings (SSSR count). The molecular formula is C22H26N4O4S2. The first-order valence-corrected chi connectivity index (χ1v) is 12.8. The van der Waals surface area contributed by atoms with E-state index in [4.69, 9.17) is 4.74 Å². The Kier molecular flexibility index (Phi) is 6.73. The first-order valence-electron chi connectivity index (χ1n) is 10.5. The van der Waals surface area contributed by atoms with Gasteiger partial charge >= 0.3 is 0 Å². The third-order valence-corrected chi connectivity index (χ3v) is 8.30. The molecule has 1 aromatic heterocycles. The first-order chi connectivity index (χ1) is 15.4. The molecule has 2 N–H and O–H groups in total. The summed E-state index contributed by atoms with van der Waals surface area (Å²) in [4.78, 5) is 20.6. The predicted octanol–water partition coefficient (Wildman–Crippen LogP) is 3.87. The molecule has 3 aromatic rings. The Labute approximate surface area is 191 Å². The summed E-state index contributed by atoms with van der Waals surface area (Å²) in [6.07, 6.45) is 2.85. The average molecular weight is 475 g/mol. The van der Waals surface area contributed by atoms with Crippen molar-refractivity contribution in [2.24, 2.45) is 0 Å². The standard InChI is InChI=1S/C22H26N4O4S2/c1-15(31-22-24-19-11-8-17(30-2)14-20(19)25-22)21(27)23-16-6-9-18(10-7-16)32(28,29)26-12-4-3-5-13-26/h6-11,14-15H,3-5,12-13H2,1-2H3,(H,23,27)(H,24,25)/t15-/m1/s1. The SMILES string of the molecule is COc1ccc2nc(S[C@H](C)C(=O)Nc3ccc(S(=O)(=O)N4CCCCC4)cc3)[nH]c2c1. The molecule has 0 saturated carbocycles. The van der Waals surface area contributed by atoms with E-state index in [1.807, 2.05) is 18.2 Å². The lowest BCUT2D eigenvalue weighted by Gasteiger charge is -2.25. The number of sulfonamides is 1. The highest BCUT2D eigenvalue weighted by Gasteiger charge is 2.26. The van der Waals surface area contributed by atoms with Gasteiger partial charge in [0, 0.05) is 24.8 Å². The van der Waals surface area contributed by atoms with Crippen LogP contribution in [0.3, 0.4) is 0 Å². The lowest BCUT2D eigenvalue weighted by molar-refractivity contribution is -0.115. The van der Waals surface area contributed by atoms with Crippen molar-refractivity contribution in [3.8, 4) is 5.75 Å². The van der Waals surface area contributed by atoms with Crippen LogP contribution in [0.4, 0.5) is 5.69 Å². The van der Waals surface area contributed by atoms with Crippen LogP contribution in [-0.2, 0) is 14.8 Å². The average Bonchev–Trinajstić information content (AvgIpc) is 3.21. The third-order valence-electron chi connectivity index (χ3n) is 5.40. The van der Waals surface area contributed by atoms with Crippen molar-refractivity contribution in [2.75, 3.05) is 25.5 Å². The summed E-state index contributed by atoms with van der Waals surface area (Å²) in [6, 6.07) is 11.9. The second kappa shape index (κ2) is 9.51. The van der Waals surface area contributed by atoms with E-state index in [2.05, 4.69) is 15.3 Å². The molecule has 8 nitrogen and oxygen atoms in total. The number of anilines is 1. The van der Waals surface area contributed by atoms with E-state index in [0.29, 0.717) is 23.9 Å². The van der Waals surface area contributed by atoms with Crippen molar-refractivity contribution in [3.05, 3.63) is 42.5 Å². The van der Waals surface area contributed by atoms with Gasteiger partial charge < -0.3 is 15.0 Å². The maximum Gasteiger partial charge on any atom is 0.243 e. The highest BCUT2D eigenvalue weighted by Crippen LogP contribution is 2.27. The maximum absolute atomic E-state index is 12.8. The van der Waals surface area contributed by atoms with Crippen LogP contribution in [-0.4, -0.2) is 54.0 Å². The zero-order valence-corrected chi connectivity index (χ0v) is 19.6. The molecule has 2 aromatic carbocycles. The monoisotopic (exact) mass is 474 g/mol. The summed E-state index contributed by atoms with van der Waals surface area (Å²) in [7, 11) is -1.88. The number of rotatable bonds is 7. The van der Waals surface area contributed by atoms with Crippen molar-refractivity contribution in [2.45, 2.75) is 41.5 Å². The van der Waals surface area contributed by atoms with E-state index >= 15 is 0 Å². The van der Waals surface area contributed by atoms with E-state index < -0.39 is 15.3 Å². The number of benzene rings is 2. The fourth-order valence-electron chi connectivity index (χ4n) is 3.58. The number of fused-ring (bicyclic) bond motifs is 1. The van der Waals surface area contributed by atoms with E-state index in [9.17, 15) is 13.2 Å². The van der Waals surface area contributed by atoms with Crippen molar-refractivity contribution in [1.29, 1.82) is 0 Å². The number of amides is 1. The van der Waals surface area contributed by atoms with Gasteiger partial charge in [-0.3, -0.25) is 4.79 Å². The zero-order valence-electron chi connectivity index (χ0n) is 18.0. The first kappa shape index (κ1) is 22.6. The number of hydrogen-bond acceptors (Lipinski definition) is 6.